The van der Waals surface area contributed by atoms with E-state index in [1.54, 1.807) is 14.2 Å². The summed E-state index contributed by atoms with van der Waals surface area (Å²) in [5.74, 6) is 1.51. The summed E-state index contributed by atoms with van der Waals surface area (Å²) in [6, 6.07) is 27.4. The molecule has 134 valence electrons. The zero-order chi connectivity index (χ0) is 18.2. The van der Waals surface area contributed by atoms with Crippen molar-refractivity contribution in [1.29, 1.82) is 0 Å². The Kier molecular flexibility index (Phi) is 6.29. The fraction of sp³-hybridized carbons (Fsp3) is 0.217. The molecule has 0 aromatic heterocycles. The Hall–Kier alpha value is -2.78. The summed E-state index contributed by atoms with van der Waals surface area (Å²) in [6.07, 6.45) is 0.943. The predicted octanol–water partition coefficient (Wildman–Crippen LogP) is 4.78. The Morgan fingerprint density at radius 2 is 1.38 bits per heavy atom. The molecule has 3 aromatic carbocycles. The molecule has 0 amide bonds. The van der Waals surface area contributed by atoms with Crippen molar-refractivity contribution < 1.29 is 9.47 Å². The molecule has 0 spiro atoms. The molecule has 0 saturated carbocycles. The van der Waals surface area contributed by atoms with Crippen LogP contribution in [0.4, 0.5) is 0 Å². The number of rotatable bonds is 8. The zero-order valence-electron chi connectivity index (χ0n) is 15.3. The van der Waals surface area contributed by atoms with E-state index in [4.69, 9.17) is 9.47 Å². The van der Waals surface area contributed by atoms with Crippen LogP contribution in [0.25, 0.3) is 0 Å². The van der Waals surface area contributed by atoms with Crippen molar-refractivity contribution in [3.8, 4) is 11.5 Å². The van der Waals surface area contributed by atoms with Crippen LogP contribution in [0.15, 0.2) is 78.9 Å². The Morgan fingerprint density at radius 1 is 0.731 bits per heavy atom. The van der Waals surface area contributed by atoms with Crippen molar-refractivity contribution in [3.05, 3.63) is 95.6 Å². The minimum absolute atomic E-state index is 0.242. The van der Waals surface area contributed by atoms with E-state index in [-0.39, 0.29) is 6.04 Å². The monoisotopic (exact) mass is 347 g/mol. The molecule has 0 aliphatic heterocycles. The van der Waals surface area contributed by atoms with Crippen molar-refractivity contribution in [1.82, 2.24) is 5.32 Å². The highest BCUT2D eigenvalue weighted by molar-refractivity contribution is 5.43. The first-order valence-corrected chi connectivity index (χ1v) is 8.83. The van der Waals surface area contributed by atoms with Gasteiger partial charge in [0.05, 0.1) is 14.2 Å². The molecule has 3 rings (SSSR count). The molecule has 3 nitrogen and oxygen atoms in total. The van der Waals surface area contributed by atoms with Crippen LogP contribution in [-0.2, 0) is 13.0 Å². The molecular weight excluding hydrogens is 322 g/mol. The van der Waals surface area contributed by atoms with Crippen LogP contribution >= 0.6 is 0 Å². The standard InChI is InChI=1S/C23H25NO2/c1-25-22-14-13-19(16-23(22)26-2)17-24-21(20-11-7-4-8-12-20)15-18-9-5-3-6-10-18/h3-14,16,21,24H,15,17H2,1-2H3/t21-/m0/s1. The molecule has 1 N–H and O–H groups in total. The van der Waals surface area contributed by atoms with Gasteiger partial charge in [-0.1, -0.05) is 66.7 Å². The summed E-state index contributed by atoms with van der Waals surface area (Å²) in [6.45, 7) is 0.757. The topological polar surface area (TPSA) is 30.5 Å². The van der Waals surface area contributed by atoms with E-state index in [9.17, 15) is 0 Å². The maximum Gasteiger partial charge on any atom is 0.161 e. The fourth-order valence-corrected chi connectivity index (χ4v) is 3.07. The summed E-state index contributed by atoms with van der Waals surface area (Å²) in [7, 11) is 3.32. The van der Waals surface area contributed by atoms with E-state index in [2.05, 4.69) is 72.0 Å². The van der Waals surface area contributed by atoms with E-state index in [0.717, 1.165) is 30.0 Å². The molecule has 0 unspecified atom stereocenters. The van der Waals surface area contributed by atoms with Gasteiger partial charge in [-0.2, -0.15) is 0 Å². The first kappa shape index (κ1) is 18.0. The second kappa shape index (κ2) is 9.07. The van der Waals surface area contributed by atoms with Crippen LogP contribution in [0, 0.1) is 0 Å². The maximum absolute atomic E-state index is 5.41. The lowest BCUT2D eigenvalue weighted by Gasteiger charge is -2.20. The number of hydrogen-bond donors (Lipinski definition) is 1. The van der Waals surface area contributed by atoms with Crippen LogP contribution in [0.5, 0.6) is 11.5 Å². The lowest BCUT2D eigenvalue weighted by Crippen LogP contribution is -2.23. The summed E-state index contributed by atoms with van der Waals surface area (Å²) >= 11 is 0. The highest BCUT2D eigenvalue weighted by Crippen LogP contribution is 2.28. The Balaban J connectivity index is 1.76. The molecule has 1 atom stereocenters. The van der Waals surface area contributed by atoms with Crippen LogP contribution in [0.2, 0.25) is 0 Å². The fourth-order valence-electron chi connectivity index (χ4n) is 3.07. The average molecular weight is 347 g/mol. The lowest BCUT2D eigenvalue weighted by molar-refractivity contribution is 0.354. The minimum atomic E-state index is 0.242. The Bertz CT molecular complexity index is 803. The van der Waals surface area contributed by atoms with Gasteiger partial charge in [0.2, 0.25) is 0 Å². The molecule has 3 aromatic rings. The first-order chi connectivity index (χ1) is 12.8. The molecule has 0 saturated heterocycles. The van der Waals surface area contributed by atoms with Crippen molar-refractivity contribution in [2.24, 2.45) is 0 Å². The van der Waals surface area contributed by atoms with Crippen molar-refractivity contribution in [2.45, 2.75) is 19.0 Å². The largest absolute Gasteiger partial charge is 0.493 e. The molecule has 0 bridgehead atoms. The number of ether oxygens (including phenoxy) is 2. The van der Waals surface area contributed by atoms with Crippen LogP contribution in [-0.4, -0.2) is 14.2 Å². The third-order valence-corrected chi connectivity index (χ3v) is 4.49. The van der Waals surface area contributed by atoms with Crippen molar-refractivity contribution in [2.75, 3.05) is 14.2 Å². The van der Waals surface area contributed by atoms with Gasteiger partial charge < -0.3 is 14.8 Å². The van der Waals surface area contributed by atoms with Gasteiger partial charge in [-0.05, 0) is 35.2 Å². The van der Waals surface area contributed by atoms with Gasteiger partial charge in [0.25, 0.3) is 0 Å². The molecular formula is C23H25NO2. The van der Waals surface area contributed by atoms with E-state index in [1.807, 2.05) is 12.1 Å². The number of hydrogen-bond acceptors (Lipinski definition) is 3. The van der Waals surface area contributed by atoms with Gasteiger partial charge in [-0.3, -0.25) is 0 Å². The summed E-state index contributed by atoms with van der Waals surface area (Å²) < 4.78 is 10.7. The second-order valence-electron chi connectivity index (χ2n) is 6.22. The SMILES string of the molecule is COc1ccc(CN[C@@H](Cc2ccccc2)c2ccccc2)cc1OC. The third-order valence-electron chi connectivity index (χ3n) is 4.49. The van der Waals surface area contributed by atoms with Gasteiger partial charge in [-0.15, -0.1) is 0 Å². The van der Waals surface area contributed by atoms with E-state index in [0.29, 0.717) is 0 Å². The molecule has 0 aliphatic carbocycles. The van der Waals surface area contributed by atoms with Gasteiger partial charge in [0, 0.05) is 12.6 Å². The molecule has 3 heteroatoms. The van der Waals surface area contributed by atoms with Gasteiger partial charge in [0.15, 0.2) is 11.5 Å². The lowest BCUT2D eigenvalue weighted by atomic mass is 9.98. The highest BCUT2D eigenvalue weighted by atomic mass is 16.5. The quantitative estimate of drug-likeness (QED) is 0.636. The van der Waals surface area contributed by atoms with E-state index >= 15 is 0 Å². The third kappa shape index (κ3) is 4.64. The summed E-state index contributed by atoms with van der Waals surface area (Å²) in [4.78, 5) is 0. The minimum Gasteiger partial charge on any atom is -0.493 e. The number of nitrogens with one attached hydrogen (secondary N) is 1. The highest BCUT2D eigenvalue weighted by Gasteiger charge is 2.12. The molecule has 26 heavy (non-hydrogen) atoms. The smallest absolute Gasteiger partial charge is 0.161 e. The summed E-state index contributed by atoms with van der Waals surface area (Å²) in [5, 5.41) is 3.69. The molecule has 0 aliphatic rings. The van der Waals surface area contributed by atoms with Crippen LogP contribution in [0.1, 0.15) is 22.7 Å². The average Bonchev–Trinajstić information content (AvgIpc) is 2.72. The van der Waals surface area contributed by atoms with Gasteiger partial charge in [0.1, 0.15) is 0 Å². The zero-order valence-corrected chi connectivity index (χ0v) is 15.3. The number of methoxy groups -OCH3 is 2. The Morgan fingerprint density at radius 3 is 2.04 bits per heavy atom. The van der Waals surface area contributed by atoms with Crippen molar-refractivity contribution >= 4 is 0 Å². The van der Waals surface area contributed by atoms with E-state index in [1.165, 1.54) is 11.1 Å². The molecule has 0 heterocycles. The predicted molar refractivity (Wildman–Crippen MR) is 106 cm³/mol. The number of benzene rings is 3. The van der Waals surface area contributed by atoms with E-state index < -0.39 is 0 Å². The van der Waals surface area contributed by atoms with Crippen molar-refractivity contribution in [3.63, 3.8) is 0 Å². The molecule has 0 fully saturated rings. The Labute approximate surface area is 155 Å². The maximum atomic E-state index is 5.41. The van der Waals surface area contributed by atoms with Crippen LogP contribution in [0.3, 0.4) is 0 Å². The molecule has 0 radical (unpaired) electrons. The first-order valence-electron chi connectivity index (χ1n) is 8.83. The summed E-state index contributed by atoms with van der Waals surface area (Å²) in [5.41, 5.74) is 3.77. The second-order valence-corrected chi connectivity index (χ2v) is 6.22. The normalized spacial score (nSPS) is 11.8. The van der Waals surface area contributed by atoms with Crippen LogP contribution < -0.4 is 14.8 Å². The van der Waals surface area contributed by atoms with Gasteiger partial charge in [-0.25, -0.2) is 0 Å². The van der Waals surface area contributed by atoms with Gasteiger partial charge >= 0.3 is 0 Å².